The van der Waals surface area contributed by atoms with Crippen molar-refractivity contribution in [2.45, 2.75) is 38.6 Å². The summed E-state index contributed by atoms with van der Waals surface area (Å²) in [7, 11) is 0. The highest BCUT2D eigenvalue weighted by molar-refractivity contribution is 5.36. The van der Waals surface area contributed by atoms with E-state index >= 15 is 0 Å². The molecule has 1 saturated carbocycles. The van der Waals surface area contributed by atoms with Gasteiger partial charge in [-0.1, -0.05) is 6.42 Å². The molecule has 88 valence electrons. The van der Waals surface area contributed by atoms with Gasteiger partial charge in [0.2, 0.25) is 0 Å². The molecule has 1 fully saturated rings. The third-order valence-electron chi connectivity index (χ3n) is 3.30. The topological polar surface area (TPSA) is 58.0 Å². The van der Waals surface area contributed by atoms with Gasteiger partial charge in [-0.3, -0.25) is 0 Å². The van der Waals surface area contributed by atoms with Crippen molar-refractivity contribution in [3.8, 4) is 0 Å². The van der Waals surface area contributed by atoms with Gasteiger partial charge in [0, 0.05) is 24.4 Å². The van der Waals surface area contributed by atoms with E-state index < -0.39 is 0 Å². The lowest BCUT2D eigenvalue weighted by Gasteiger charge is -2.20. The van der Waals surface area contributed by atoms with Gasteiger partial charge in [-0.25, -0.2) is 9.97 Å². The van der Waals surface area contributed by atoms with Crippen LogP contribution in [0, 0.1) is 12.8 Å². The molecule has 1 aliphatic carbocycles. The molecule has 0 spiro atoms. The summed E-state index contributed by atoms with van der Waals surface area (Å²) in [5, 5.41) is 12.5. The molecule has 1 heterocycles. The molecule has 0 aliphatic heterocycles. The molecule has 4 nitrogen and oxygen atoms in total. The summed E-state index contributed by atoms with van der Waals surface area (Å²) >= 11 is 0. The minimum atomic E-state index is 0.283. The quantitative estimate of drug-likeness (QED) is 0.813. The number of aliphatic hydroxyl groups excluding tert-OH is 1. The van der Waals surface area contributed by atoms with Crippen molar-refractivity contribution >= 4 is 5.82 Å². The van der Waals surface area contributed by atoms with E-state index in [1.807, 2.05) is 13.0 Å². The third-order valence-corrected chi connectivity index (χ3v) is 3.30. The molecule has 2 atom stereocenters. The van der Waals surface area contributed by atoms with E-state index in [0.717, 1.165) is 17.9 Å². The Kier molecular flexibility index (Phi) is 3.72. The maximum Gasteiger partial charge on any atom is 0.129 e. The summed E-state index contributed by atoms with van der Waals surface area (Å²) < 4.78 is 0. The summed E-state index contributed by atoms with van der Waals surface area (Å²) in [6, 6.07) is 2.43. The van der Waals surface area contributed by atoms with E-state index in [0.29, 0.717) is 12.0 Å². The van der Waals surface area contributed by atoms with E-state index in [-0.39, 0.29) is 6.61 Å². The van der Waals surface area contributed by atoms with Crippen LogP contribution in [0.15, 0.2) is 12.4 Å². The maximum absolute atomic E-state index is 9.00. The Morgan fingerprint density at radius 1 is 1.44 bits per heavy atom. The van der Waals surface area contributed by atoms with Crippen molar-refractivity contribution in [3.05, 3.63) is 18.1 Å². The molecule has 0 radical (unpaired) electrons. The number of nitrogens with one attached hydrogen (secondary N) is 1. The predicted molar refractivity (Wildman–Crippen MR) is 63.2 cm³/mol. The van der Waals surface area contributed by atoms with Crippen LogP contribution in [-0.2, 0) is 0 Å². The number of anilines is 1. The third kappa shape index (κ3) is 2.70. The molecular weight excluding hydrogens is 202 g/mol. The second-order valence-electron chi connectivity index (χ2n) is 4.50. The van der Waals surface area contributed by atoms with Gasteiger partial charge in [0.25, 0.3) is 0 Å². The van der Waals surface area contributed by atoms with Gasteiger partial charge in [-0.15, -0.1) is 0 Å². The SMILES string of the molecule is Cc1cc(NC2CCCC2CCO)ncn1. The molecule has 1 aromatic rings. The predicted octanol–water partition coefficient (Wildman–Crippen LogP) is 1.75. The number of aryl methyl sites for hydroxylation is 1. The van der Waals surface area contributed by atoms with E-state index in [1.54, 1.807) is 6.33 Å². The fourth-order valence-electron chi connectivity index (χ4n) is 2.46. The van der Waals surface area contributed by atoms with Crippen molar-refractivity contribution in [2.24, 2.45) is 5.92 Å². The first kappa shape index (κ1) is 11.3. The Balaban J connectivity index is 1.98. The van der Waals surface area contributed by atoms with E-state index in [2.05, 4.69) is 15.3 Å². The molecule has 0 amide bonds. The highest BCUT2D eigenvalue weighted by Crippen LogP contribution is 2.30. The molecule has 2 N–H and O–H groups in total. The summed E-state index contributed by atoms with van der Waals surface area (Å²) in [6.45, 7) is 2.25. The zero-order valence-corrected chi connectivity index (χ0v) is 9.69. The maximum atomic E-state index is 9.00. The Morgan fingerprint density at radius 2 is 2.31 bits per heavy atom. The average Bonchev–Trinajstić information content (AvgIpc) is 2.66. The van der Waals surface area contributed by atoms with Crippen molar-refractivity contribution in [1.82, 2.24) is 9.97 Å². The van der Waals surface area contributed by atoms with Gasteiger partial charge < -0.3 is 10.4 Å². The first-order chi connectivity index (χ1) is 7.79. The Bertz CT molecular complexity index is 343. The van der Waals surface area contributed by atoms with Crippen LogP contribution >= 0.6 is 0 Å². The Morgan fingerprint density at radius 3 is 3.06 bits per heavy atom. The monoisotopic (exact) mass is 221 g/mol. The molecule has 0 saturated heterocycles. The molecular formula is C12H19N3O. The minimum absolute atomic E-state index is 0.283. The number of aromatic nitrogens is 2. The molecule has 4 heteroatoms. The smallest absolute Gasteiger partial charge is 0.129 e. The Hall–Kier alpha value is -1.16. The lowest BCUT2D eigenvalue weighted by molar-refractivity contribution is 0.254. The fourth-order valence-corrected chi connectivity index (χ4v) is 2.46. The first-order valence-corrected chi connectivity index (χ1v) is 5.95. The van der Waals surface area contributed by atoms with E-state index in [9.17, 15) is 0 Å². The van der Waals surface area contributed by atoms with Gasteiger partial charge >= 0.3 is 0 Å². The summed E-state index contributed by atoms with van der Waals surface area (Å²) in [6.07, 6.45) is 6.11. The van der Waals surface area contributed by atoms with Crippen LogP contribution in [0.5, 0.6) is 0 Å². The molecule has 2 unspecified atom stereocenters. The molecule has 0 aromatic carbocycles. The number of hydrogen-bond donors (Lipinski definition) is 2. The number of rotatable bonds is 4. The van der Waals surface area contributed by atoms with Crippen molar-refractivity contribution in [3.63, 3.8) is 0 Å². The number of hydrogen-bond acceptors (Lipinski definition) is 4. The average molecular weight is 221 g/mol. The fraction of sp³-hybridized carbons (Fsp3) is 0.667. The van der Waals surface area contributed by atoms with Gasteiger partial charge in [-0.2, -0.15) is 0 Å². The minimum Gasteiger partial charge on any atom is -0.396 e. The zero-order chi connectivity index (χ0) is 11.4. The van der Waals surface area contributed by atoms with Crippen LogP contribution in [0.25, 0.3) is 0 Å². The second kappa shape index (κ2) is 5.25. The van der Waals surface area contributed by atoms with E-state index in [1.165, 1.54) is 19.3 Å². The van der Waals surface area contributed by atoms with Crippen LogP contribution in [0.4, 0.5) is 5.82 Å². The molecule has 1 aromatic heterocycles. The molecule has 16 heavy (non-hydrogen) atoms. The molecule has 1 aliphatic rings. The van der Waals surface area contributed by atoms with E-state index in [4.69, 9.17) is 5.11 Å². The zero-order valence-electron chi connectivity index (χ0n) is 9.69. The normalized spacial score (nSPS) is 24.6. The van der Waals surface area contributed by atoms with Gasteiger partial charge in [0.05, 0.1) is 0 Å². The van der Waals surface area contributed by atoms with Crippen LogP contribution in [0.2, 0.25) is 0 Å². The summed E-state index contributed by atoms with van der Waals surface area (Å²) in [5.74, 6) is 1.49. The molecule has 2 rings (SSSR count). The summed E-state index contributed by atoms with van der Waals surface area (Å²) in [4.78, 5) is 8.29. The lowest BCUT2D eigenvalue weighted by Crippen LogP contribution is -2.25. The molecule has 0 bridgehead atoms. The van der Waals surface area contributed by atoms with Crippen molar-refractivity contribution in [2.75, 3.05) is 11.9 Å². The lowest BCUT2D eigenvalue weighted by atomic mass is 10.00. The highest BCUT2D eigenvalue weighted by atomic mass is 16.3. The van der Waals surface area contributed by atoms with Crippen LogP contribution < -0.4 is 5.32 Å². The van der Waals surface area contributed by atoms with Crippen LogP contribution in [0.3, 0.4) is 0 Å². The van der Waals surface area contributed by atoms with Crippen molar-refractivity contribution in [1.29, 1.82) is 0 Å². The number of nitrogens with zero attached hydrogens (tertiary/aromatic N) is 2. The largest absolute Gasteiger partial charge is 0.396 e. The first-order valence-electron chi connectivity index (χ1n) is 5.95. The number of aliphatic hydroxyl groups is 1. The van der Waals surface area contributed by atoms with Crippen molar-refractivity contribution < 1.29 is 5.11 Å². The second-order valence-corrected chi connectivity index (χ2v) is 4.50. The van der Waals surface area contributed by atoms with Crippen LogP contribution in [0.1, 0.15) is 31.4 Å². The van der Waals surface area contributed by atoms with Crippen LogP contribution in [-0.4, -0.2) is 27.7 Å². The van der Waals surface area contributed by atoms with Gasteiger partial charge in [0.1, 0.15) is 12.1 Å². The highest BCUT2D eigenvalue weighted by Gasteiger charge is 2.26. The standard InChI is InChI=1S/C12H19N3O/c1-9-7-12(14-8-13-9)15-11-4-2-3-10(11)5-6-16/h7-8,10-11,16H,2-6H2,1H3,(H,13,14,15). The van der Waals surface area contributed by atoms with Gasteiger partial charge in [0.15, 0.2) is 0 Å². The van der Waals surface area contributed by atoms with Gasteiger partial charge in [-0.05, 0) is 32.1 Å². The summed E-state index contributed by atoms with van der Waals surface area (Å²) in [5.41, 5.74) is 0.981. The Labute approximate surface area is 96.1 Å².